The van der Waals surface area contributed by atoms with Crippen LogP contribution >= 0.6 is 0 Å². The highest BCUT2D eigenvalue weighted by Gasteiger charge is 2.88. The van der Waals surface area contributed by atoms with Crippen LogP contribution in [0.15, 0.2) is 0 Å². The lowest BCUT2D eigenvalue weighted by Gasteiger charge is -2.63. The van der Waals surface area contributed by atoms with E-state index in [9.17, 15) is 40.5 Å². The standard InChI is InChI=1S/C43H68O15/c1-19-15-22-33(38(5,6)56-20(2)45)58-43(57-22)32(19)39(7)13-14-42-18-41(42)12-11-26(37(3,4)24(41)9-10-25(42)40(39,8)36(43)51)54-35-31(27(47)21(46)17-52-35)55-34-30(50)29(49)28(48)23(16-44)53-34/h19,21-36,44,46-51H,9-18H2,1-8H3/t19-,21-,22-,23-,24-,25+,26+,27+,28-,29+,30-,31-,32-,33+,34+,35+,36-,39-,40-,41-,42+,43+/m1/s1. The Bertz CT molecular complexity index is 1620. The van der Waals surface area contributed by atoms with E-state index in [0.717, 1.165) is 44.9 Å². The summed E-state index contributed by atoms with van der Waals surface area (Å²) >= 11 is 0. The Hall–Kier alpha value is -1.05. The molecule has 5 saturated carbocycles. The zero-order valence-corrected chi connectivity index (χ0v) is 35.3. The van der Waals surface area contributed by atoms with Crippen LogP contribution in [-0.2, 0) is 38.0 Å². The number of carbonyl (C=O) groups excluding carboxylic acids is 1. The molecule has 0 unspecified atom stereocenters. The van der Waals surface area contributed by atoms with E-state index in [1.807, 2.05) is 13.8 Å². The molecule has 0 aromatic carbocycles. The molecule has 9 fully saturated rings. The molecule has 9 rings (SSSR count). The second-order valence-corrected chi connectivity index (χ2v) is 21.6. The maximum atomic E-state index is 12.9. The van der Waals surface area contributed by atoms with E-state index in [1.54, 1.807) is 0 Å². The van der Waals surface area contributed by atoms with Crippen LogP contribution in [0.1, 0.15) is 107 Å². The summed E-state index contributed by atoms with van der Waals surface area (Å²) in [6, 6.07) is 0. The van der Waals surface area contributed by atoms with Gasteiger partial charge < -0.3 is 68.9 Å². The van der Waals surface area contributed by atoms with Crippen molar-refractivity contribution in [2.24, 2.45) is 50.7 Å². The average Bonchev–Trinajstić information content (AvgIpc) is 3.67. The molecule has 4 heterocycles. The van der Waals surface area contributed by atoms with Crippen molar-refractivity contribution in [2.75, 3.05) is 13.2 Å². The van der Waals surface area contributed by atoms with E-state index >= 15 is 0 Å². The molecule has 9 aliphatic rings. The summed E-state index contributed by atoms with van der Waals surface area (Å²) in [5.41, 5.74) is -1.93. The quantitative estimate of drug-likeness (QED) is 0.143. The van der Waals surface area contributed by atoms with Gasteiger partial charge in [0.15, 0.2) is 18.4 Å². The van der Waals surface area contributed by atoms with E-state index in [-0.39, 0.29) is 64.2 Å². The molecule has 0 aromatic rings. The molecule has 22 atom stereocenters. The van der Waals surface area contributed by atoms with Crippen LogP contribution in [-0.4, -0.2) is 146 Å². The van der Waals surface area contributed by atoms with Crippen molar-refractivity contribution in [3.63, 3.8) is 0 Å². The first-order chi connectivity index (χ1) is 27.1. The van der Waals surface area contributed by atoms with Crippen molar-refractivity contribution in [3.8, 4) is 0 Å². The Balaban J connectivity index is 0.959. The van der Waals surface area contributed by atoms with Gasteiger partial charge in [0, 0.05) is 18.3 Å². The lowest BCUT2D eigenvalue weighted by atomic mass is 9.41. The summed E-state index contributed by atoms with van der Waals surface area (Å²) in [7, 11) is 0. The minimum absolute atomic E-state index is 0.0257. The zero-order valence-electron chi connectivity index (χ0n) is 35.3. The largest absolute Gasteiger partial charge is 0.457 e. The molecule has 330 valence electrons. The van der Waals surface area contributed by atoms with Gasteiger partial charge in [0.05, 0.1) is 25.4 Å². The summed E-state index contributed by atoms with van der Waals surface area (Å²) < 4.78 is 44.1. The van der Waals surface area contributed by atoms with Crippen molar-refractivity contribution < 1.29 is 73.7 Å². The van der Waals surface area contributed by atoms with Crippen molar-refractivity contribution in [3.05, 3.63) is 0 Å². The van der Waals surface area contributed by atoms with Crippen molar-refractivity contribution in [1.29, 1.82) is 0 Å². The fourth-order valence-electron chi connectivity index (χ4n) is 15.8. The predicted molar refractivity (Wildman–Crippen MR) is 201 cm³/mol. The van der Waals surface area contributed by atoms with Crippen LogP contribution in [0.4, 0.5) is 0 Å². The van der Waals surface area contributed by atoms with E-state index in [2.05, 4.69) is 34.6 Å². The first kappa shape index (κ1) is 42.3. The number of carbonyl (C=O) groups is 1. The van der Waals surface area contributed by atoms with Gasteiger partial charge in [-0.2, -0.15) is 0 Å². The molecular formula is C43H68O15. The van der Waals surface area contributed by atoms with E-state index in [0.29, 0.717) is 12.3 Å². The zero-order chi connectivity index (χ0) is 41.9. The van der Waals surface area contributed by atoms with E-state index < -0.39 is 90.9 Å². The average molecular weight is 825 g/mol. The fraction of sp³-hybridized carbons (Fsp3) is 0.977. The highest BCUT2D eigenvalue weighted by atomic mass is 16.8. The van der Waals surface area contributed by atoms with Crippen LogP contribution in [0.2, 0.25) is 0 Å². The summed E-state index contributed by atoms with van der Waals surface area (Å²) in [6.45, 7) is 15.8. The van der Waals surface area contributed by atoms with Gasteiger partial charge in [0.25, 0.3) is 0 Å². The molecule has 7 N–H and O–H groups in total. The van der Waals surface area contributed by atoms with Crippen LogP contribution in [0, 0.1) is 50.7 Å². The van der Waals surface area contributed by atoms with Crippen LogP contribution < -0.4 is 0 Å². The Kier molecular flexibility index (Phi) is 9.82. The van der Waals surface area contributed by atoms with Gasteiger partial charge in [-0.25, -0.2) is 0 Å². The van der Waals surface area contributed by atoms with Gasteiger partial charge in [-0.05, 0) is 105 Å². The monoisotopic (exact) mass is 824 g/mol. The van der Waals surface area contributed by atoms with E-state index in [1.165, 1.54) is 6.92 Å². The van der Waals surface area contributed by atoms with Gasteiger partial charge in [-0.3, -0.25) is 4.79 Å². The number of hydrogen-bond donors (Lipinski definition) is 7. The maximum absolute atomic E-state index is 12.9. The number of hydrogen-bond acceptors (Lipinski definition) is 15. The summed E-state index contributed by atoms with van der Waals surface area (Å²) in [6.07, 6.45) is -7.60. The second-order valence-electron chi connectivity index (χ2n) is 21.6. The number of esters is 1. The first-order valence-electron chi connectivity index (χ1n) is 21.9. The van der Waals surface area contributed by atoms with Gasteiger partial charge in [0.1, 0.15) is 60.5 Å². The van der Waals surface area contributed by atoms with Gasteiger partial charge in [-0.15, -0.1) is 0 Å². The lowest BCUT2D eigenvalue weighted by molar-refractivity contribution is -0.366. The predicted octanol–water partition coefficient (Wildman–Crippen LogP) is 1.52. The third-order valence-electron chi connectivity index (χ3n) is 18.4. The normalized spacial score (nSPS) is 57.9. The Morgan fingerprint density at radius 2 is 1.52 bits per heavy atom. The number of rotatable bonds is 7. The number of fused-ring (bicyclic) bond motifs is 4. The van der Waals surface area contributed by atoms with Crippen LogP contribution in [0.5, 0.6) is 0 Å². The minimum atomic E-state index is -1.71. The number of aliphatic hydroxyl groups is 7. The molecule has 5 aliphatic carbocycles. The molecule has 15 nitrogen and oxygen atoms in total. The third-order valence-corrected chi connectivity index (χ3v) is 18.4. The Morgan fingerprint density at radius 1 is 0.828 bits per heavy atom. The van der Waals surface area contributed by atoms with Crippen LogP contribution in [0.25, 0.3) is 0 Å². The summed E-state index contributed by atoms with van der Waals surface area (Å²) in [5, 5.41) is 75.8. The van der Waals surface area contributed by atoms with Crippen molar-refractivity contribution in [2.45, 2.75) is 198 Å². The van der Waals surface area contributed by atoms with Crippen molar-refractivity contribution in [1.82, 2.24) is 0 Å². The molecule has 0 aromatic heterocycles. The molecule has 4 saturated heterocycles. The maximum Gasteiger partial charge on any atom is 0.303 e. The minimum Gasteiger partial charge on any atom is -0.457 e. The van der Waals surface area contributed by atoms with Gasteiger partial charge in [-0.1, -0.05) is 34.6 Å². The lowest BCUT2D eigenvalue weighted by Crippen LogP contribution is -2.64. The number of ether oxygens (including phenoxy) is 7. The SMILES string of the molecule is CC(=O)OC(C)(C)[C@H]1O[C@@]23O[C@@H]1C[C@@H](C)[C@@H]2[C@@]1(C)CC[C@@]24C[C@@]25CC[C@H](O[C@@H]2OC[C@@H](O)[C@H](O)[C@H]2O[C@@H]2O[C@H](CO)[C@@H](O)[C@H](O)[C@H]2O)C(C)(C)[C@H]5CC[C@H]4[C@]1(C)[C@H]3O. The van der Waals surface area contributed by atoms with Crippen molar-refractivity contribution >= 4 is 5.97 Å². The smallest absolute Gasteiger partial charge is 0.303 e. The molecule has 4 aliphatic heterocycles. The highest BCUT2D eigenvalue weighted by Crippen LogP contribution is 2.90. The van der Waals surface area contributed by atoms with E-state index in [4.69, 9.17) is 33.2 Å². The molecule has 15 heteroatoms. The second kappa shape index (κ2) is 13.5. The summed E-state index contributed by atoms with van der Waals surface area (Å²) in [4.78, 5) is 12.2. The molecule has 58 heavy (non-hydrogen) atoms. The molecular weight excluding hydrogens is 756 g/mol. The highest BCUT2D eigenvalue weighted by molar-refractivity contribution is 5.66. The fourth-order valence-corrected chi connectivity index (χ4v) is 15.8. The molecule has 0 amide bonds. The molecule has 2 bridgehead atoms. The van der Waals surface area contributed by atoms with Crippen LogP contribution in [0.3, 0.4) is 0 Å². The van der Waals surface area contributed by atoms with Gasteiger partial charge >= 0.3 is 5.97 Å². The van der Waals surface area contributed by atoms with Gasteiger partial charge in [0.2, 0.25) is 0 Å². The Labute approximate surface area is 341 Å². The molecule has 3 spiro atoms. The number of aliphatic hydroxyl groups excluding tert-OH is 7. The first-order valence-corrected chi connectivity index (χ1v) is 21.9. The third kappa shape index (κ3) is 5.35. The topological polar surface area (TPSA) is 223 Å². The Morgan fingerprint density at radius 3 is 2.21 bits per heavy atom. The summed E-state index contributed by atoms with van der Waals surface area (Å²) in [5.74, 6) is -0.814. The molecule has 0 radical (unpaired) electrons.